The van der Waals surface area contributed by atoms with Gasteiger partial charge in [0.1, 0.15) is 73.2 Å². The molecule has 3 aliphatic heterocycles. The van der Waals surface area contributed by atoms with Crippen molar-refractivity contribution in [3.05, 3.63) is 48.6 Å². The number of hydrogen-bond acceptors (Lipinski definition) is 18. The molecule has 0 aliphatic carbocycles. The van der Waals surface area contributed by atoms with Gasteiger partial charge in [-0.2, -0.15) is 0 Å². The quantitative estimate of drug-likeness (QED) is 0.0199. The standard InChI is InChI=1S/C83H153NO18/c1-3-5-7-9-11-13-15-17-19-21-23-25-27-28-29-30-31-32-33-34-35-36-37-38-39-41-43-45-47-49-51-53-55-57-59-61-71(89)84-66(67(88)60-58-56-54-52-50-48-46-44-42-40-26-24-22-20-18-16-14-12-10-8-6-4-2)65-97-81-77(95)74(92)79(69(63-86)99-81)102-83-78(96)75(93)80(70(64-87)100-83)101-82-76(94)73(91)72(90)68(62-85)98-82/h5,7,11,13,17,19,23,25,66-70,72-83,85-88,90-96H,3-4,6,8-10,12,14-16,18,20-22,24,26-65H2,1-2H3,(H,84,89)/b7-5-,13-11-,19-17-,25-23-. The lowest BCUT2D eigenvalue weighted by atomic mass is 9.96. The average Bonchev–Trinajstić information content (AvgIpc) is 0.781. The van der Waals surface area contributed by atoms with Crippen molar-refractivity contribution in [2.24, 2.45) is 0 Å². The van der Waals surface area contributed by atoms with Gasteiger partial charge in [-0.3, -0.25) is 4.79 Å². The first-order chi connectivity index (χ1) is 49.8. The Kier molecular flexibility index (Phi) is 58.6. The van der Waals surface area contributed by atoms with Crippen molar-refractivity contribution >= 4 is 5.91 Å². The Bertz CT molecular complexity index is 2030. The normalized spacial score (nSPS) is 26.4. The Morgan fingerprint density at radius 1 is 0.363 bits per heavy atom. The van der Waals surface area contributed by atoms with Crippen molar-refractivity contribution < 1.29 is 89.4 Å². The molecule has 17 atom stereocenters. The van der Waals surface area contributed by atoms with E-state index >= 15 is 0 Å². The van der Waals surface area contributed by atoms with E-state index in [2.05, 4.69) is 67.8 Å². The summed E-state index contributed by atoms with van der Waals surface area (Å²) in [5, 5.41) is 121. The maximum absolute atomic E-state index is 13.5. The second-order valence-electron chi connectivity index (χ2n) is 29.9. The number of aliphatic hydroxyl groups excluding tert-OH is 11. The van der Waals surface area contributed by atoms with Crippen molar-refractivity contribution in [1.82, 2.24) is 5.32 Å². The number of rotatable bonds is 67. The molecular formula is C83H153NO18. The molecule has 0 aromatic carbocycles. The second-order valence-corrected chi connectivity index (χ2v) is 29.9. The molecule has 0 spiro atoms. The SMILES string of the molecule is CC/C=C\C/C=C\C/C=C\C/C=C\CCCCCCCCCCCCCCCCCCCCCCCCC(=O)NC(COC1OC(CO)C(OC2OC(CO)C(OC3OC(CO)C(O)C(O)C3O)C(O)C2O)C(O)C1O)C(O)CCCCCCCCCCCCCCCCCCCCCCCC. The van der Waals surface area contributed by atoms with E-state index in [4.69, 9.17) is 28.4 Å². The van der Waals surface area contributed by atoms with Crippen LogP contribution in [0.4, 0.5) is 0 Å². The number of carbonyl (C=O) groups excluding carboxylic acids is 1. The highest BCUT2D eigenvalue weighted by molar-refractivity contribution is 5.76. The van der Waals surface area contributed by atoms with E-state index in [1.807, 2.05) is 0 Å². The summed E-state index contributed by atoms with van der Waals surface area (Å²) in [6.07, 6.45) is 53.5. The molecule has 598 valence electrons. The first-order valence-electron chi connectivity index (χ1n) is 41.9. The molecule has 3 saturated heterocycles. The molecule has 3 fully saturated rings. The molecule has 102 heavy (non-hydrogen) atoms. The minimum absolute atomic E-state index is 0.236. The van der Waals surface area contributed by atoms with Crippen LogP contribution in [0.2, 0.25) is 0 Å². The fraction of sp³-hybridized carbons (Fsp3) is 0.892. The van der Waals surface area contributed by atoms with E-state index in [0.29, 0.717) is 12.8 Å². The van der Waals surface area contributed by atoms with Crippen LogP contribution in [-0.2, 0) is 33.2 Å². The number of carbonyl (C=O) groups is 1. The van der Waals surface area contributed by atoms with Crippen LogP contribution in [0.15, 0.2) is 48.6 Å². The molecule has 0 aromatic rings. The van der Waals surface area contributed by atoms with Crippen molar-refractivity contribution in [2.45, 2.75) is 446 Å². The lowest BCUT2D eigenvalue weighted by molar-refractivity contribution is -0.379. The molecule has 3 rings (SSSR count). The molecule has 17 unspecified atom stereocenters. The third kappa shape index (κ3) is 43.1. The molecule has 19 nitrogen and oxygen atoms in total. The summed E-state index contributed by atoms with van der Waals surface area (Å²) in [7, 11) is 0. The van der Waals surface area contributed by atoms with Crippen molar-refractivity contribution in [3.8, 4) is 0 Å². The van der Waals surface area contributed by atoms with Crippen molar-refractivity contribution in [3.63, 3.8) is 0 Å². The van der Waals surface area contributed by atoms with Crippen LogP contribution < -0.4 is 5.32 Å². The fourth-order valence-electron chi connectivity index (χ4n) is 14.3. The largest absolute Gasteiger partial charge is 0.394 e. The third-order valence-electron chi connectivity index (χ3n) is 20.9. The van der Waals surface area contributed by atoms with Gasteiger partial charge in [-0.25, -0.2) is 0 Å². The van der Waals surface area contributed by atoms with Gasteiger partial charge in [0.05, 0.1) is 38.6 Å². The Balaban J connectivity index is 1.33. The smallest absolute Gasteiger partial charge is 0.220 e. The number of ether oxygens (including phenoxy) is 6. The summed E-state index contributed by atoms with van der Waals surface area (Å²) < 4.78 is 34.6. The van der Waals surface area contributed by atoms with E-state index in [1.54, 1.807) is 0 Å². The number of hydrogen-bond donors (Lipinski definition) is 12. The van der Waals surface area contributed by atoms with Crippen LogP contribution in [0.3, 0.4) is 0 Å². The predicted octanol–water partition coefficient (Wildman–Crippen LogP) is 14.5. The van der Waals surface area contributed by atoms with Crippen LogP contribution >= 0.6 is 0 Å². The molecule has 3 heterocycles. The molecule has 19 heteroatoms. The van der Waals surface area contributed by atoms with Gasteiger partial charge in [-0.05, 0) is 51.4 Å². The van der Waals surface area contributed by atoms with Gasteiger partial charge in [-0.1, -0.05) is 332 Å². The molecule has 3 aliphatic rings. The number of allylic oxidation sites excluding steroid dienone is 8. The van der Waals surface area contributed by atoms with Crippen LogP contribution in [0, 0.1) is 0 Å². The van der Waals surface area contributed by atoms with Crippen molar-refractivity contribution in [1.29, 1.82) is 0 Å². The Morgan fingerprint density at radius 3 is 1.06 bits per heavy atom. The van der Waals surface area contributed by atoms with Crippen LogP contribution in [0.1, 0.15) is 341 Å². The highest BCUT2D eigenvalue weighted by atomic mass is 16.8. The van der Waals surface area contributed by atoms with Gasteiger partial charge in [0.25, 0.3) is 0 Å². The number of aliphatic hydroxyl groups is 11. The molecular weight excluding hydrogens is 1300 g/mol. The molecule has 0 saturated carbocycles. The van der Waals surface area contributed by atoms with Gasteiger partial charge in [0.15, 0.2) is 18.9 Å². The number of nitrogens with one attached hydrogen (secondary N) is 1. The van der Waals surface area contributed by atoms with Crippen LogP contribution in [-0.4, -0.2) is 193 Å². The summed E-state index contributed by atoms with van der Waals surface area (Å²) in [6, 6.07) is -0.887. The first kappa shape index (κ1) is 94.0. The molecule has 0 bridgehead atoms. The Morgan fingerprint density at radius 2 is 0.676 bits per heavy atom. The summed E-state index contributed by atoms with van der Waals surface area (Å²) in [5.41, 5.74) is 0. The van der Waals surface area contributed by atoms with Crippen LogP contribution in [0.5, 0.6) is 0 Å². The summed E-state index contributed by atoms with van der Waals surface area (Å²) in [6.45, 7) is 1.74. The summed E-state index contributed by atoms with van der Waals surface area (Å²) in [5.74, 6) is -0.236. The molecule has 0 aromatic heterocycles. The van der Waals surface area contributed by atoms with E-state index in [1.165, 1.54) is 238 Å². The number of unbranched alkanes of at least 4 members (excludes halogenated alkanes) is 43. The minimum atomic E-state index is -1.97. The zero-order valence-corrected chi connectivity index (χ0v) is 64.1. The molecule has 12 N–H and O–H groups in total. The van der Waals surface area contributed by atoms with Gasteiger partial charge < -0.3 is 89.9 Å². The summed E-state index contributed by atoms with van der Waals surface area (Å²) >= 11 is 0. The summed E-state index contributed by atoms with van der Waals surface area (Å²) in [4.78, 5) is 13.5. The third-order valence-corrected chi connectivity index (χ3v) is 20.9. The highest BCUT2D eigenvalue weighted by Crippen LogP contribution is 2.33. The van der Waals surface area contributed by atoms with Crippen LogP contribution in [0.25, 0.3) is 0 Å². The molecule has 0 radical (unpaired) electrons. The van der Waals surface area contributed by atoms with Gasteiger partial charge >= 0.3 is 0 Å². The maximum Gasteiger partial charge on any atom is 0.220 e. The van der Waals surface area contributed by atoms with E-state index in [0.717, 1.165) is 70.6 Å². The van der Waals surface area contributed by atoms with Crippen molar-refractivity contribution in [2.75, 3.05) is 26.4 Å². The maximum atomic E-state index is 13.5. The van der Waals surface area contributed by atoms with Gasteiger partial charge in [0, 0.05) is 6.42 Å². The fourth-order valence-corrected chi connectivity index (χ4v) is 14.3. The highest BCUT2D eigenvalue weighted by Gasteiger charge is 2.54. The Hall–Kier alpha value is -2.25. The first-order valence-corrected chi connectivity index (χ1v) is 41.9. The lowest BCUT2D eigenvalue weighted by Gasteiger charge is -2.48. The Labute approximate surface area is 618 Å². The zero-order chi connectivity index (χ0) is 73.9. The van der Waals surface area contributed by atoms with E-state index < -0.39 is 124 Å². The average molecular weight is 1450 g/mol. The minimum Gasteiger partial charge on any atom is -0.394 e. The van der Waals surface area contributed by atoms with Gasteiger partial charge in [-0.15, -0.1) is 0 Å². The topological polar surface area (TPSA) is 307 Å². The van der Waals surface area contributed by atoms with E-state index in [-0.39, 0.29) is 18.9 Å². The zero-order valence-electron chi connectivity index (χ0n) is 64.1. The monoisotopic (exact) mass is 1450 g/mol. The number of amides is 1. The lowest BCUT2D eigenvalue weighted by Crippen LogP contribution is -2.66. The second kappa shape index (κ2) is 63.7. The van der Waals surface area contributed by atoms with Gasteiger partial charge in [0.2, 0.25) is 5.91 Å². The van der Waals surface area contributed by atoms with E-state index in [9.17, 15) is 61.0 Å². The predicted molar refractivity (Wildman–Crippen MR) is 406 cm³/mol. The molecule has 1 amide bonds.